The molecule has 98 valence electrons. The Kier molecular flexibility index (Phi) is 3.71. The summed E-state index contributed by atoms with van der Waals surface area (Å²) in [6, 6.07) is 12.6. The molecule has 0 atom stereocenters. The predicted molar refractivity (Wildman–Crippen MR) is 73.9 cm³/mol. The van der Waals surface area contributed by atoms with E-state index in [1.54, 1.807) is 18.2 Å². The smallest absolute Gasteiger partial charge is 0.133 e. The average Bonchev–Trinajstić information content (AvgIpc) is 2.89. The van der Waals surface area contributed by atoms with E-state index in [-0.39, 0.29) is 17.6 Å². The first kappa shape index (κ1) is 13.9. The summed E-state index contributed by atoms with van der Waals surface area (Å²) in [7, 11) is 1.52. The van der Waals surface area contributed by atoms with Gasteiger partial charge in [-0.3, -0.25) is 0 Å². The van der Waals surface area contributed by atoms with Crippen LogP contribution in [0.4, 0.5) is 0 Å². The van der Waals surface area contributed by atoms with Crippen molar-refractivity contribution in [1.29, 1.82) is 21.0 Å². The molecule has 1 aromatic carbocycles. The third-order valence-corrected chi connectivity index (χ3v) is 3.28. The molecule has 5 heteroatoms. The van der Waals surface area contributed by atoms with Crippen LogP contribution >= 0.6 is 0 Å². The monoisotopic (exact) mass is 272 g/mol. The van der Waals surface area contributed by atoms with Gasteiger partial charge in [0, 0.05) is 6.42 Å². The van der Waals surface area contributed by atoms with Crippen molar-refractivity contribution in [1.82, 2.24) is 0 Å². The molecule has 0 bridgehead atoms. The molecule has 0 aliphatic heterocycles. The Morgan fingerprint density at radius 3 is 1.90 bits per heavy atom. The van der Waals surface area contributed by atoms with Gasteiger partial charge in [0.15, 0.2) is 0 Å². The summed E-state index contributed by atoms with van der Waals surface area (Å²) >= 11 is 0. The summed E-state index contributed by atoms with van der Waals surface area (Å²) in [5.74, 6) is 0.582. The maximum absolute atomic E-state index is 9.07. The molecule has 0 amide bonds. The lowest BCUT2D eigenvalue weighted by atomic mass is 10.0. The van der Waals surface area contributed by atoms with Gasteiger partial charge >= 0.3 is 0 Å². The molecular weight excluding hydrogens is 264 g/mol. The number of rotatable bonds is 1. The van der Waals surface area contributed by atoms with E-state index < -0.39 is 0 Å². The van der Waals surface area contributed by atoms with Crippen molar-refractivity contribution in [3.05, 3.63) is 40.5 Å². The maximum Gasteiger partial charge on any atom is 0.133 e. The van der Waals surface area contributed by atoms with Crippen LogP contribution in [0.5, 0.6) is 5.75 Å². The number of ether oxygens (including phenoxy) is 1. The molecule has 1 aliphatic carbocycles. The second-order valence-electron chi connectivity index (χ2n) is 4.24. The van der Waals surface area contributed by atoms with Crippen LogP contribution in [0.3, 0.4) is 0 Å². The SMILES string of the molecule is COc1ccc2c(c1)C(=C(C#N)C#N)CC2=C(C#N)C#N. The minimum atomic E-state index is -0.0188. The molecule has 21 heavy (non-hydrogen) atoms. The van der Waals surface area contributed by atoms with Crippen molar-refractivity contribution in [2.45, 2.75) is 6.42 Å². The van der Waals surface area contributed by atoms with E-state index in [1.807, 2.05) is 24.3 Å². The van der Waals surface area contributed by atoms with Crippen LogP contribution in [0.1, 0.15) is 17.5 Å². The summed E-state index contributed by atoms with van der Waals surface area (Å²) in [6.07, 6.45) is 0.218. The standard InChI is InChI=1S/C16H8N4O/c1-21-12-2-3-13-14(10(6-17)7-18)5-15(16(13)4-12)11(8-19)9-20/h2-4H,5H2,1H3. The number of nitrogens with zero attached hydrogens (tertiary/aromatic N) is 4. The van der Waals surface area contributed by atoms with E-state index in [0.717, 1.165) is 0 Å². The van der Waals surface area contributed by atoms with Crippen molar-refractivity contribution in [2.24, 2.45) is 0 Å². The third kappa shape index (κ3) is 2.21. The largest absolute Gasteiger partial charge is 0.497 e. The van der Waals surface area contributed by atoms with Crippen molar-refractivity contribution in [3.63, 3.8) is 0 Å². The van der Waals surface area contributed by atoms with Gasteiger partial charge in [0.25, 0.3) is 0 Å². The summed E-state index contributed by atoms with van der Waals surface area (Å²) in [4.78, 5) is 0. The van der Waals surface area contributed by atoms with Gasteiger partial charge in [-0.1, -0.05) is 6.07 Å². The highest BCUT2D eigenvalue weighted by Gasteiger charge is 2.27. The first-order valence-electron chi connectivity index (χ1n) is 5.95. The molecule has 0 heterocycles. The fourth-order valence-electron chi connectivity index (χ4n) is 2.30. The van der Waals surface area contributed by atoms with Gasteiger partial charge in [-0.2, -0.15) is 21.0 Å². The van der Waals surface area contributed by atoms with E-state index >= 15 is 0 Å². The minimum absolute atomic E-state index is 0.00773. The topological polar surface area (TPSA) is 104 Å². The molecule has 0 aromatic heterocycles. The van der Waals surface area contributed by atoms with Crippen LogP contribution in [-0.2, 0) is 0 Å². The molecule has 2 rings (SSSR count). The van der Waals surface area contributed by atoms with Crippen LogP contribution in [0.25, 0.3) is 11.1 Å². The number of fused-ring (bicyclic) bond motifs is 1. The Balaban J connectivity index is 2.84. The Hall–Kier alpha value is -3.54. The van der Waals surface area contributed by atoms with Crippen molar-refractivity contribution in [3.8, 4) is 30.0 Å². The highest BCUT2D eigenvalue weighted by atomic mass is 16.5. The highest BCUT2D eigenvalue weighted by molar-refractivity contribution is 5.98. The highest BCUT2D eigenvalue weighted by Crippen LogP contribution is 2.44. The van der Waals surface area contributed by atoms with Crippen LogP contribution in [0, 0.1) is 45.3 Å². The van der Waals surface area contributed by atoms with Crippen LogP contribution in [0.15, 0.2) is 29.3 Å². The van der Waals surface area contributed by atoms with Crippen molar-refractivity contribution < 1.29 is 4.74 Å². The van der Waals surface area contributed by atoms with E-state index in [1.165, 1.54) is 7.11 Å². The first-order chi connectivity index (χ1) is 10.2. The maximum atomic E-state index is 9.07. The second kappa shape index (κ2) is 5.62. The predicted octanol–water partition coefficient (Wildman–Crippen LogP) is 2.70. The fraction of sp³-hybridized carbons (Fsp3) is 0.125. The summed E-state index contributed by atoms with van der Waals surface area (Å²) in [5, 5.41) is 36.2. The number of hydrogen-bond acceptors (Lipinski definition) is 5. The quantitative estimate of drug-likeness (QED) is 0.731. The molecular formula is C16H8N4O. The molecule has 0 saturated heterocycles. The molecule has 0 N–H and O–H groups in total. The molecule has 0 saturated carbocycles. The Morgan fingerprint density at radius 2 is 1.43 bits per heavy atom. The zero-order valence-corrected chi connectivity index (χ0v) is 11.1. The van der Waals surface area contributed by atoms with Gasteiger partial charge in [0.05, 0.1) is 7.11 Å². The number of hydrogen-bond donors (Lipinski definition) is 0. The van der Waals surface area contributed by atoms with Crippen LogP contribution < -0.4 is 4.74 Å². The zero-order valence-electron chi connectivity index (χ0n) is 11.1. The van der Waals surface area contributed by atoms with E-state index in [0.29, 0.717) is 28.0 Å². The van der Waals surface area contributed by atoms with Gasteiger partial charge < -0.3 is 4.74 Å². The van der Waals surface area contributed by atoms with Gasteiger partial charge in [-0.25, -0.2) is 0 Å². The number of benzene rings is 1. The molecule has 5 nitrogen and oxygen atoms in total. The fourth-order valence-corrected chi connectivity index (χ4v) is 2.30. The summed E-state index contributed by atoms with van der Waals surface area (Å²) in [5.41, 5.74) is 2.38. The van der Waals surface area contributed by atoms with Crippen molar-refractivity contribution >= 4 is 11.1 Å². The van der Waals surface area contributed by atoms with Gasteiger partial charge in [-0.05, 0) is 34.4 Å². The Labute approximate surface area is 121 Å². The van der Waals surface area contributed by atoms with Gasteiger partial charge in [0.1, 0.15) is 41.2 Å². The average molecular weight is 272 g/mol. The number of allylic oxidation sites excluding steroid dienone is 4. The zero-order chi connectivity index (χ0) is 15.4. The molecule has 0 fully saturated rings. The second-order valence-corrected chi connectivity index (χ2v) is 4.24. The first-order valence-corrected chi connectivity index (χ1v) is 5.95. The van der Waals surface area contributed by atoms with Gasteiger partial charge in [-0.15, -0.1) is 0 Å². The number of nitriles is 4. The Morgan fingerprint density at radius 1 is 0.905 bits per heavy atom. The molecule has 0 unspecified atom stereocenters. The lowest BCUT2D eigenvalue weighted by Crippen LogP contribution is -1.88. The summed E-state index contributed by atoms with van der Waals surface area (Å²) < 4.78 is 5.15. The molecule has 0 radical (unpaired) electrons. The van der Waals surface area contributed by atoms with Crippen LogP contribution in [0.2, 0.25) is 0 Å². The number of methoxy groups -OCH3 is 1. The molecule has 1 aromatic rings. The normalized spacial score (nSPS) is 11.5. The van der Waals surface area contributed by atoms with Gasteiger partial charge in [0.2, 0.25) is 0 Å². The Bertz CT molecular complexity index is 816. The summed E-state index contributed by atoms with van der Waals surface area (Å²) in [6.45, 7) is 0. The minimum Gasteiger partial charge on any atom is -0.497 e. The van der Waals surface area contributed by atoms with Crippen molar-refractivity contribution in [2.75, 3.05) is 7.11 Å². The van der Waals surface area contributed by atoms with E-state index in [4.69, 9.17) is 25.8 Å². The lowest BCUT2D eigenvalue weighted by Gasteiger charge is -2.04. The molecule has 1 aliphatic rings. The molecule has 0 spiro atoms. The third-order valence-electron chi connectivity index (χ3n) is 3.28. The van der Waals surface area contributed by atoms with E-state index in [2.05, 4.69) is 0 Å². The van der Waals surface area contributed by atoms with E-state index in [9.17, 15) is 0 Å². The lowest BCUT2D eigenvalue weighted by molar-refractivity contribution is 0.414. The van der Waals surface area contributed by atoms with Crippen LogP contribution in [-0.4, -0.2) is 7.11 Å².